The van der Waals surface area contributed by atoms with E-state index in [0.29, 0.717) is 3.27 Å². The molecule has 124 valence electrons. The summed E-state index contributed by atoms with van der Waals surface area (Å²) in [6.45, 7) is 0. The molecule has 0 spiro atoms. The number of fused-ring (bicyclic) bond motifs is 5. The first-order valence-electron chi connectivity index (χ1n) is 6.79. The van der Waals surface area contributed by atoms with Crippen LogP contribution in [0.15, 0.2) is 32.9 Å². The van der Waals surface area contributed by atoms with E-state index in [2.05, 4.69) is 0 Å². The Bertz CT molecular complexity index is 765. The number of nitrogens with zero attached hydrogens (tertiary/aromatic N) is 1. The first kappa shape index (κ1) is 18.2. The standard InChI is InChI=1S/C9H3Cl6NO2.C4H3O.Hg/c10-3-4(11)8(13)2-1(5(17)16-6(2)18)7(3,12)9(8,14)15;1-2-4-5-3-1;/h1-2H,(H,16,17,18);1-3H;/q;;+1/p-1. The van der Waals surface area contributed by atoms with Crippen LogP contribution in [0.4, 0.5) is 0 Å². The zero-order valence-corrected chi connectivity index (χ0v) is 21.6. The molecule has 1 saturated carbocycles. The molecule has 4 atom stereocenters. The van der Waals surface area contributed by atoms with Gasteiger partial charge in [0.1, 0.15) is 0 Å². The molecule has 2 heterocycles. The first-order valence-corrected chi connectivity index (χ1v) is 14.3. The van der Waals surface area contributed by atoms with Crippen LogP contribution in [-0.2, 0) is 34.5 Å². The Balaban J connectivity index is 1.84. The van der Waals surface area contributed by atoms with Crippen molar-refractivity contribution in [2.45, 2.75) is 14.1 Å². The topological polar surface area (TPSA) is 50.5 Å². The van der Waals surface area contributed by atoms with Gasteiger partial charge in [-0.3, -0.25) is 0 Å². The zero-order chi connectivity index (χ0) is 17.7. The molecule has 1 aliphatic heterocycles. The molecule has 1 saturated heterocycles. The van der Waals surface area contributed by atoms with Crippen LogP contribution in [0.2, 0.25) is 0 Å². The summed E-state index contributed by atoms with van der Waals surface area (Å²) in [4.78, 5) is 22.4. The third-order valence-electron chi connectivity index (χ3n) is 4.89. The van der Waals surface area contributed by atoms with Gasteiger partial charge in [-0.2, -0.15) is 0 Å². The summed E-state index contributed by atoms with van der Waals surface area (Å²) in [6.07, 6.45) is 1.49. The molecule has 24 heavy (non-hydrogen) atoms. The molecule has 0 radical (unpaired) electrons. The van der Waals surface area contributed by atoms with Crippen molar-refractivity contribution < 1.29 is 38.9 Å². The first-order chi connectivity index (χ1) is 11.1. The average Bonchev–Trinajstić information content (AvgIpc) is 3.17. The molecule has 2 amide bonds. The summed E-state index contributed by atoms with van der Waals surface area (Å²) in [6, 6.07) is 3.44. The van der Waals surface area contributed by atoms with Crippen LogP contribution >= 0.6 is 69.6 Å². The van der Waals surface area contributed by atoms with Gasteiger partial charge in [0.2, 0.25) is 0 Å². The third-order valence-corrected chi connectivity index (χ3v) is 15.6. The molecule has 2 aliphatic carbocycles. The Hall–Kier alpha value is 0.835. The number of imide groups is 1. The van der Waals surface area contributed by atoms with E-state index in [1.165, 1.54) is 8.93 Å². The molecule has 2 bridgehead atoms. The van der Waals surface area contributed by atoms with Gasteiger partial charge in [-0.1, -0.05) is 0 Å². The fourth-order valence-corrected chi connectivity index (χ4v) is 12.3. The van der Waals surface area contributed by atoms with E-state index in [4.69, 9.17) is 74.0 Å². The third kappa shape index (κ3) is 1.80. The Morgan fingerprint density at radius 1 is 1.00 bits per heavy atom. The van der Waals surface area contributed by atoms with Crippen molar-refractivity contribution in [3.8, 4) is 0 Å². The second kappa shape index (κ2) is 5.43. The van der Waals surface area contributed by atoms with Gasteiger partial charge >= 0.3 is 181 Å². The minimum absolute atomic E-state index is 0.0789. The molecule has 1 aromatic rings. The van der Waals surface area contributed by atoms with Crippen LogP contribution in [-0.4, -0.2) is 28.6 Å². The molecule has 4 nitrogen and oxygen atoms in total. The van der Waals surface area contributed by atoms with Crippen molar-refractivity contribution in [2.24, 2.45) is 11.8 Å². The van der Waals surface area contributed by atoms with E-state index >= 15 is 0 Å². The fraction of sp³-hybridized carbons (Fsp3) is 0.385. The maximum atomic E-state index is 12.9. The van der Waals surface area contributed by atoms with Crippen molar-refractivity contribution in [3.63, 3.8) is 0 Å². The van der Waals surface area contributed by atoms with Crippen LogP contribution < -0.4 is 3.27 Å². The number of amides is 2. The molecule has 1 aromatic heterocycles. The Labute approximate surface area is 179 Å². The van der Waals surface area contributed by atoms with Crippen LogP contribution in [0.1, 0.15) is 0 Å². The van der Waals surface area contributed by atoms with E-state index in [1.54, 1.807) is 12.1 Å². The van der Waals surface area contributed by atoms with Crippen LogP contribution in [0.3, 0.4) is 0 Å². The second-order valence-electron chi connectivity index (χ2n) is 5.92. The quantitative estimate of drug-likeness (QED) is 0.285. The number of furan rings is 1. The number of rotatable bonds is 2. The SMILES string of the molecule is O=C1C2C(C(=O)[N]1[Hg][c]1ccco1)C1(Cl)C(Cl)=C(Cl)C2(Cl)C1(Cl)Cl. The second-order valence-corrected chi connectivity index (χ2v) is 15.6. The molecule has 3 aliphatic rings. The van der Waals surface area contributed by atoms with Gasteiger partial charge in [0.25, 0.3) is 0 Å². The summed E-state index contributed by atoms with van der Waals surface area (Å²) in [5.41, 5.74) is 0. The van der Waals surface area contributed by atoms with Crippen molar-refractivity contribution in [3.05, 3.63) is 28.5 Å². The van der Waals surface area contributed by atoms with Gasteiger partial charge in [0.15, 0.2) is 0 Å². The number of carbonyl (C=O) groups is 2. The number of halogens is 6. The van der Waals surface area contributed by atoms with Crippen molar-refractivity contribution in [1.29, 1.82) is 0 Å². The predicted octanol–water partition coefficient (Wildman–Crippen LogP) is 3.35. The molecule has 4 unspecified atom stereocenters. The molecule has 4 rings (SSSR count). The zero-order valence-electron chi connectivity index (χ0n) is 11.5. The fourth-order valence-electron chi connectivity index (χ4n) is 3.77. The Morgan fingerprint density at radius 2 is 1.50 bits per heavy atom. The van der Waals surface area contributed by atoms with E-state index < -0.39 is 62.6 Å². The summed E-state index contributed by atoms with van der Waals surface area (Å²) in [7, 11) is 0. The summed E-state index contributed by atoms with van der Waals surface area (Å²) in [5, 5.41) is -0.158. The van der Waals surface area contributed by atoms with Crippen molar-refractivity contribution >= 4 is 84.7 Å². The maximum absolute atomic E-state index is 12.9. The van der Waals surface area contributed by atoms with Gasteiger partial charge in [-0.05, 0) is 0 Å². The van der Waals surface area contributed by atoms with Crippen molar-refractivity contribution in [2.75, 3.05) is 0 Å². The normalized spacial score (nSPS) is 39.7. The molecule has 0 N–H and O–H groups in total. The number of alkyl halides is 4. The Kier molecular flexibility index (Phi) is 4.12. The van der Waals surface area contributed by atoms with E-state index in [9.17, 15) is 9.59 Å². The van der Waals surface area contributed by atoms with Gasteiger partial charge in [-0.15, -0.1) is 0 Å². The van der Waals surface area contributed by atoms with Gasteiger partial charge < -0.3 is 0 Å². The predicted molar refractivity (Wildman–Crippen MR) is 87.5 cm³/mol. The van der Waals surface area contributed by atoms with Gasteiger partial charge in [0, 0.05) is 0 Å². The Morgan fingerprint density at radius 3 is 1.92 bits per heavy atom. The van der Waals surface area contributed by atoms with Gasteiger partial charge in [0.05, 0.1) is 0 Å². The minimum atomic E-state index is -2.38. The van der Waals surface area contributed by atoms with E-state index in [0.717, 1.165) is 0 Å². The average molecular weight is 636 g/mol. The summed E-state index contributed by atoms with van der Waals surface area (Å²) >= 11 is 36.1. The number of allylic oxidation sites excluding steroid dienone is 2. The van der Waals surface area contributed by atoms with E-state index in [1.807, 2.05) is 0 Å². The number of hydrogen-bond acceptors (Lipinski definition) is 3. The van der Waals surface area contributed by atoms with Crippen LogP contribution in [0.25, 0.3) is 0 Å². The molecule has 11 heteroatoms. The van der Waals surface area contributed by atoms with Crippen LogP contribution in [0.5, 0.6) is 0 Å². The van der Waals surface area contributed by atoms with Crippen LogP contribution in [0, 0.1) is 11.8 Å². The number of carbonyl (C=O) groups excluding carboxylic acids is 2. The summed E-state index contributed by atoms with van der Waals surface area (Å²) < 4.78 is 5.30. The molecule has 0 aromatic carbocycles. The van der Waals surface area contributed by atoms with Gasteiger partial charge in [-0.25, -0.2) is 0 Å². The molecular weight excluding hydrogens is 631 g/mol. The van der Waals surface area contributed by atoms with E-state index in [-0.39, 0.29) is 10.1 Å². The van der Waals surface area contributed by atoms with Crippen molar-refractivity contribution in [1.82, 2.24) is 2.66 Å². The molecule has 2 fully saturated rings. The monoisotopic (exact) mass is 635 g/mol. The summed E-state index contributed by atoms with van der Waals surface area (Å²) in [5.74, 6) is -3.03. The molecular formula is C13H5Cl6HgNO3. The number of hydrogen-bond donors (Lipinski definition) is 0.